The third-order valence-electron chi connectivity index (χ3n) is 4.45. The Morgan fingerprint density at radius 3 is 2.45 bits per heavy atom. The average molecular weight is 480 g/mol. The number of para-hydroxylation sites is 1. The summed E-state index contributed by atoms with van der Waals surface area (Å²) >= 11 is 1.03. The fourth-order valence-electron chi connectivity index (χ4n) is 2.98. The Morgan fingerprint density at radius 2 is 1.82 bits per heavy atom. The van der Waals surface area contributed by atoms with Gasteiger partial charge in [-0.2, -0.15) is 13.2 Å². The highest BCUT2D eigenvalue weighted by Crippen LogP contribution is 2.35. The number of ether oxygens (including phenoxy) is 3. The third kappa shape index (κ3) is 5.43. The van der Waals surface area contributed by atoms with Gasteiger partial charge in [0.25, 0.3) is 0 Å². The van der Waals surface area contributed by atoms with E-state index in [-0.39, 0.29) is 28.7 Å². The highest BCUT2D eigenvalue weighted by Gasteiger charge is 2.31. The maximum absolute atomic E-state index is 13.1. The zero-order valence-corrected chi connectivity index (χ0v) is 18.6. The summed E-state index contributed by atoms with van der Waals surface area (Å²) < 4.78 is 54.9. The summed E-state index contributed by atoms with van der Waals surface area (Å²) in [6, 6.07) is 9.14. The molecule has 0 bridgehead atoms. The lowest BCUT2D eigenvalue weighted by atomic mass is 10.2. The molecule has 0 spiro atoms. The van der Waals surface area contributed by atoms with Gasteiger partial charge in [0.1, 0.15) is 12.2 Å². The Bertz CT molecular complexity index is 1160. The minimum Gasteiger partial charge on any atom is -0.493 e. The van der Waals surface area contributed by atoms with Crippen LogP contribution in [0.15, 0.2) is 47.8 Å². The number of alkyl halides is 3. The lowest BCUT2D eigenvalue weighted by Gasteiger charge is -2.19. The number of carbonyl (C=O) groups is 2. The van der Waals surface area contributed by atoms with Crippen molar-refractivity contribution in [3.8, 4) is 11.5 Å². The van der Waals surface area contributed by atoms with Crippen LogP contribution in [0.4, 0.5) is 24.0 Å². The minimum absolute atomic E-state index is 0.0244. The molecular weight excluding hydrogens is 461 g/mol. The summed E-state index contributed by atoms with van der Waals surface area (Å²) in [6.45, 7) is 1.00. The van der Waals surface area contributed by atoms with Crippen molar-refractivity contribution in [1.82, 2.24) is 4.98 Å². The molecule has 7 nitrogen and oxygen atoms in total. The number of methoxy groups -OCH3 is 2. The Balaban J connectivity index is 1.79. The fraction of sp³-hybridized carbons (Fsp3) is 0.227. The molecule has 0 aliphatic heterocycles. The number of hydrogen-bond donors (Lipinski definition) is 0. The van der Waals surface area contributed by atoms with Gasteiger partial charge in [0, 0.05) is 12.3 Å². The second-order valence-electron chi connectivity index (χ2n) is 6.64. The highest BCUT2D eigenvalue weighted by molar-refractivity contribution is 7.14. The van der Waals surface area contributed by atoms with E-state index in [1.165, 1.54) is 39.3 Å². The van der Waals surface area contributed by atoms with E-state index >= 15 is 0 Å². The van der Waals surface area contributed by atoms with E-state index in [2.05, 4.69) is 4.98 Å². The standard InChI is InChI=1S/C22H19F3N2O5S/c1-13(28)27(16-7-4-6-14(10-16)22(23,24)25)21-26-15(12-33-21)11-32-20(29)17-8-5-9-18(30-2)19(17)31-3/h4-10,12H,11H2,1-3H3. The summed E-state index contributed by atoms with van der Waals surface area (Å²) in [5.74, 6) is -0.618. The molecule has 0 atom stereocenters. The molecule has 0 saturated carbocycles. The van der Waals surface area contributed by atoms with Crippen LogP contribution in [0.2, 0.25) is 0 Å². The number of esters is 1. The van der Waals surface area contributed by atoms with Gasteiger partial charge in [0.15, 0.2) is 16.6 Å². The van der Waals surface area contributed by atoms with E-state index in [1.807, 2.05) is 0 Å². The molecule has 0 fully saturated rings. The Hall–Kier alpha value is -3.60. The smallest absolute Gasteiger partial charge is 0.416 e. The first-order chi connectivity index (χ1) is 15.7. The number of thiazole rings is 1. The molecule has 174 valence electrons. The molecule has 1 amide bonds. The number of nitrogens with zero attached hydrogens (tertiary/aromatic N) is 2. The molecule has 0 N–H and O–H groups in total. The predicted molar refractivity (Wildman–Crippen MR) is 115 cm³/mol. The van der Waals surface area contributed by atoms with Crippen molar-refractivity contribution in [3.63, 3.8) is 0 Å². The first-order valence-electron chi connectivity index (χ1n) is 9.46. The van der Waals surface area contributed by atoms with Crippen LogP contribution in [-0.2, 0) is 22.3 Å². The molecule has 11 heteroatoms. The van der Waals surface area contributed by atoms with Gasteiger partial charge in [-0.15, -0.1) is 11.3 Å². The summed E-state index contributed by atoms with van der Waals surface area (Å²) in [6.07, 6.45) is -4.55. The molecule has 0 saturated heterocycles. The summed E-state index contributed by atoms with van der Waals surface area (Å²) in [7, 11) is 2.83. The number of amides is 1. The fourth-order valence-corrected chi connectivity index (χ4v) is 3.85. The second kappa shape index (κ2) is 9.90. The van der Waals surface area contributed by atoms with Crippen molar-refractivity contribution in [2.75, 3.05) is 19.1 Å². The molecular formula is C22H19F3N2O5S. The maximum atomic E-state index is 13.1. The Morgan fingerprint density at radius 1 is 1.09 bits per heavy atom. The molecule has 3 rings (SSSR count). The van der Waals surface area contributed by atoms with Crippen LogP contribution < -0.4 is 14.4 Å². The van der Waals surface area contributed by atoms with Gasteiger partial charge >= 0.3 is 12.1 Å². The van der Waals surface area contributed by atoms with Crippen molar-refractivity contribution in [2.24, 2.45) is 0 Å². The summed E-state index contributed by atoms with van der Waals surface area (Å²) in [5.41, 5.74) is -0.384. The van der Waals surface area contributed by atoms with E-state index in [4.69, 9.17) is 14.2 Å². The van der Waals surface area contributed by atoms with Crippen LogP contribution in [0.25, 0.3) is 0 Å². The van der Waals surface area contributed by atoms with E-state index < -0.39 is 23.6 Å². The number of aromatic nitrogens is 1. The van der Waals surface area contributed by atoms with Crippen LogP contribution in [0, 0.1) is 0 Å². The van der Waals surface area contributed by atoms with Gasteiger partial charge in [0.05, 0.1) is 31.2 Å². The van der Waals surface area contributed by atoms with Crippen molar-refractivity contribution in [3.05, 3.63) is 64.7 Å². The first-order valence-corrected chi connectivity index (χ1v) is 10.3. The molecule has 0 aliphatic carbocycles. The SMILES string of the molecule is COc1cccc(C(=O)OCc2csc(N(C(C)=O)c3cccc(C(F)(F)F)c3)n2)c1OC. The van der Waals surface area contributed by atoms with E-state index in [0.29, 0.717) is 11.4 Å². The van der Waals surface area contributed by atoms with Crippen LogP contribution >= 0.6 is 11.3 Å². The van der Waals surface area contributed by atoms with Crippen LogP contribution in [0.5, 0.6) is 11.5 Å². The average Bonchev–Trinajstić information content (AvgIpc) is 3.24. The molecule has 33 heavy (non-hydrogen) atoms. The van der Waals surface area contributed by atoms with Crippen molar-refractivity contribution in [2.45, 2.75) is 19.7 Å². The minimum atomic E-state index is -4.55. The van der Waals surface area contributed by atoms with Gasteiger partial charge in [-0.25, -0.2) is 9.78 Å². The normalized spacial score (nSPS) is 11.1. The Labute approximate surface area is 191 Å². The molecule has 0 radical (unpaired) electrons. The molecule has 3 aromatic rings. The van der Waals surface area contributed by atoms with Crippen LogP contribution in [-0.4, -0.2) is 31.1 Å². The van der Waals surface area contributed by atoms with Crippen molar-refractivity contribution >= 4 is 34.0 Å². The number of halogens is 3. The van der Waals surface area contributed by atoms with Gasteiger partial charge in [0.2, 0.25) is 5.91 Å². The molecule has 0 aliphatic rings. The first kappa shape index (κ1) is 24.1. The maximum Gasteiger partial charge on any atom is 0.416 e. The number of hydrogen-bond acceptors (Lipinski definition) is 7. The molecule has 1 heterocycles. The molecule has 0 unspecified atom stereocenters. The lowest BCUT2D eigenvalue weighted by molar-refractivity contribution is -0.137. The number of carbonyl (C=O) groups excluding carboxylic acids is 2. The zero-order chi connectivity index (χ0) is 24.2. The topological polar surface area (TPSA) is 78.0 Å². The number of anilines is 2. The van der Waals surface area contributed by atoms with E-state index in [0.717, 1.165) is 28.4 Å². The highest BCUT2D eigenvalue weighted by atomic mass is 32.1. The zero-order valence-electron chi connectivity index (χ0n) is 17.8. The number of rotatable bonds is 7. The van der Waals surface area contributed by atoms with E-state index in [9.17, 15) is 22.8 Å². The van der Waals surface area contributed by atoms with Crippen molar-refractivity contribution < 1.29 is 37.0 Å². The molecule has 2 aromatic carbocycles. The van der Waals surface area contributed by atoms with E-state index in [1.54, 1.807) is 17.5 Å². The third-order valence-corrected chi connectivity index (χ3v) is 5.33. The Kier molecular flexibility index (Phi) is 7.22. The van der Waals surface area contributed by atoms with Gasteiger partial charge in [-0.1, -0.05) is 12.1 Å². The summed E-state index contributed by atoms with van der Waals surface area (Å²) in [5, 5.41) is 1.70. The largest absolute Gasteiger partial charge is 0.493 e. The predicted octanol–water partition coefficient (Wildman–Crippen LogP) is 5.22. The lowest BCUT2D eigenvalue weighted by Crippen LogP contribution is -2.23. The van der Waals surface area contributed by atoms with Crippen LogP contribution in [0.3, 0.4) is 0 Å². The molecule has 1 aromatic heterocycles. The van der Waals surface area contributed by atoms with Gasteiger partial charge in [-0.3, -0.25) is 9.69 Å². The monoisotopic (exact) mass is 480 g/mol. The quantitative estimate of drug-likeness (QED) is 0.432. The van der Waals surface area contributed by atoms with Crippen molar-refractivity contribution in [1.29, 1.82) is 0 Å². The number of benzene rings is 2. The second-order valence-corrected chi connectivity index (χ2v) is 7.48. The van der Waals surface area contributed by atoms with Gasteiger partial charge in [-0.05, 0) is 30.3 Å². The van der Waals surface area contributed by atoms with Crippen LogP contribution in [0.1, 0.15) is 28.5 Å². The van der Waals surface area contributed by atoms with Gasteiger partial charge < -0.3 is 14.2 Å². The summed E-state index contributed by atoms with van der Waals surface area (Å²) in [4.78, 5) is 30.0.